The van der Waals surface area contributed by atoms with Crippen LogP contribution in [0.5, 0.6) is 0 Å². The normalized spacial score (nSPS) is 11.0. The first-order chi connectivity index (χ1) is 13.7. The summed E-state index contributed by atoms with van der Waals surface area (Å²) in [5.74, 6) is 0.595. The smallest absolute Gasteiger partial charge is 0.155 e. The van der Waals surface area contributed by atoms with Crippen LogP contribution in [0.2, 0.25) is 0 Å². The molecule has 0 fully saturated rings. The Balaban J connectivity index is 0.000000489. The number of fused-ring (bicyclic) bond motifs is 1. The fraction of sp³-hybridized carbons (Fsp3) is 0.308. The summed E-state index contributed by atoms with van der Waals surface area (Å²) in [7, 11) is 0. The molecule has 0 saturated carbocycles. The second-order valence-electron chi connectivity index (χ2n) is 7.96. The number of ketones is 1. The van der Waals surface area contributed by atoms with Crippen LogP contribution >= 0.6 is 0 Å². The fourth-order valence-electron chi connectivity index (χ4n) is 3.35. The van der Waals surface area contributed by atoms with Crippen molar-refractivity contribution in [2.45, 2.75) is 48.0 Å². The summed E-state index contributed by atoms with van der Waals surface area (Å²) >= 11 is 0. The molecule has 0 aliphatic heterocycles. The number of aliphatic hydroxyl groups excluding tert-OH is 1. The van der Waals surface area contributed by atoms with E-state index >= 15 is 0 Å². The molecule has 0 saturated heterocycles. The van der Waals surface area contributed by atoms with Crippen LogP contribution in [-0.4, -0.2) is 15.9 Å². The van der Waals surface area contributed by atoms with Crippen LogP contribution < -0.4 is 0 Å². The Labute approximate surface area is 193 Å². The Morgan fingerprint density at radius 1 is 1.13 bits per heavy atom. The summed E-state index contributed by atoms with van der Waals surface area (Å²) < 4.78 is 0. The average molecular weight is 581 g/mol. The van der Waals surface area contributed by atoms with Crippen LogP contribution in [0.15, 0.2) is 54.4 Å². The number of aromatic nitrogens is 1. The molecule has 161 valence electrons. The van der Waals surface area contributed by atoms with Gasteiger partial charge in [0.2, 0.25) is 0 Å². The van der Waals surface area contributed by atoms with Crippen LogP contribution in [0.4, 0.5) is 0 Å². The van der Waals surface area contributed by atoms with E-state index in [4.69, 9.17) is 5.11 Å². The van der Waals surface area contributed by atoms with Crippen molar-refractivity contribution in [3.05, 3.63) is 77.2 Å². The van der Waals surface area contributed by atoms with Crippen molar-refractivity contribution in [3.8, 4) is 11.3 Å². The third kappa shape index (κ3) is 7.85. The van der Waals surface area contributed by atoms with Gasteiger partial charge in [0, 0.05) is 32.4 Å². The quantitative estimate of drug-likeness (QED) is 0.216. The van der Waals surface area contributed by atoms with Crippen LogP contribution in [0.1, 0.15) is 44.4 Å². The average Bonchev–Trinajstić information content (AvgIpc) is 2.59. The second-order valence-corrected chi connectivity index (χ2v) is 7.96. The van der Waals surface area contributed by atoms with Crippen molar-refractivity contribution in [1.29, 1.82) is 0 Å². The molecule has 30 heavy (non-hydrogen) atoms. The molecule has 0 bridgehead atoms. The second kappa shape index (κ2) is 11.8. The molecule has 3 aromatic rings. The number of nitrogens with zero attached hydrogens (tertiary/aromatic N) is 1. The van der Waals surface area contributed by atoms with Gasteiger partial charge in [0.05, 0.1) is 5.76 Å². The van der Waals surface area contributed by atoms with Crippen LogP contribution in [0, 0.1) is 25.8 Å². The number of allylic oxidation sites excluding steroid dienone is 2. The Bertz CT molecular complexity index is 1010. The van der Waals surface area contributed by atoms with Gasteiger partial charge >= 0.3 is 0 Å². The maximum absolute atomic E-state index is 10.0. The van der Waals surface area contributed by atoms with E-state index in [1.807, 2.05) is 6.20 Å². The van der Waals surface area contributed by atoms with Gasteiger partial charge in [-0.1, -0.05) is 45.9 Å². The van der Waals surface area contributed by atoms with Gasteiger partial charge in [-0.25, -0.2) is 0 Å². The molecule has 3 rings (SSSR count). The topological polar surface area (TPSA) is 50.2 Å². The molecule has 3 nitrogen and oxygen atoms in total. The van der Waals surface area contributed by atoms with E-state index in [-0.39, 0.29) is 31.6 Å². The zero-order valence-corrected chi connectivity index (χ0v) is 20.9. The maximum atomic E-state index is 10.0. The molecule has 1 heterocycles. The summed E-state index contributed by atoms with van der Waals surface area (Å²) in [5, 5.41) is 10.8. The van der Waals surface area contributed by atoms with E-state index in [2.05, 4.69) is 75.1 Å². The van der Waals surface area contributed by atoms with E-state index in [1.54, 1.807) is 0 Å². The molecule has 0 amide bonds. The van der Waals surface area contributed by atoms with Crippen LogP contribution in [0.3, 0.4) is 0 Å². The number of aryl methyl sites for hydroxylation is 2. The van der Waals surface area contributed by atoms with E-state index in [0.29, 0.717) is 5.92 Å². The van der Waals surface area contributed by atoms with Gasteiger partial charge < -0.3 is 10.1 Å². The molecule has 0 atom stereocenters. The van der Waals surface area contributed by atoms with Gasteiger partial charge in [0.1, 0.15) is 0 Å². The van der Waals surface area contributed by atoms with Crippen molar-refractivity contribution in [3.63, 3.8) is 0 Å². The molecule has 1 radical (unpaired) electrons. The minimum Gasteiger partial charge on any atom is -0.512 e. The largest absolute Gasteiger partial charge is 0.512 e. The molecule has 1 aromatic heterocycles. The molecule has 0 aliphatic carbocycles. The number of aliphatic hydroxyl groups is 1. The van der Waals surface area contributed by atoms with Crippen LogP contribution in [0.25, 0.3) is 22.0 Å². The summed E-state index contributed by atoms with van der Waals surface area (Å²) in [5.41, 5.74) is 5.91. The fourth-order valence-corrected chi connectivity index (χ4v) is 3.35. The van der Waals surface area contributed by atoms with E-state index in [9.17, 15) is 4.79 Å². The standard InChI is InChI=1S/C21H22N.C5H8O2.Ir/c1-14(2)9-17-5-6-18-7-8-22-21(20(18)13-17)19-11-15(3)10-16(4)12-19;1-4(6)3-5(2)7;/h5-8,10-11,13-14H,9H2,1-4H3;3,6H,1-2H3;/q-1;;/b;4-3-;. The van der Waals surface area contributed by atoms with Crippen LogP contribution in [-0.2, 0) is 31.3 Å². The van der Waals surface area contributed by atoms with Gasteiger partial charge in [0.15, 0.2) is 5.78 Å². The number of hydrogen-bond donors (Lipinski definition) is 1. The van der Waals surface area contributed by atoms with Crippen molar-refractivity contribution in [2.75, 3.05) is 0 Å². The van der Waals surface area contributed by atoms with E-state index in [0.717, 1.165) is 23.2 Å². The zero-order valence-electron chi connectivity index (χ0n) is 18.5. The number of carbonyl (C=O) groups excluding carboxylic acids is 1. The van der Waals surface area contributed by atoms with Gasteiger partial charge in [-0.3, -0.25) is 4.79 Å². The Kier molecular flexibility index (Phi) is 10.1. The molecule has 0 spiro atoms. The first kappa shape index (κ1) is 25.7. The predicted octanol–water partition coefficient (Wildman–Crippen LogP) is 6.55. The summed E-state index contributed by atoms with van der Waals surface area (Å²) in [6, 6.07) is 16.6. The third-order valence-electron chi connectivity index (χ3n) is 4.29. The number of rotatable bonds is 4. The molecule has 4 heteroatoms. The molecule has 1 N–H and O–H groups in total. The number of carbonyl (C=O) groups is 1. The summed E-state index contributed by atoms with van der Waals surface area (Å²) in [4.78, 5) is 14.7. The Hall–Kier alpha value is -2.29. The SMILES string of the molecule is CC(=O)/C=C(/C)O.Cc1[c-]c(-c2nccc3ccc(CC(C)C)cc23)cc(C)c1.[Ir]. The summed E-state index contributed by atoms with van der Waals surface area (Å²) in [6.45, 7) is 11.6. The van der Waals surface area contributed by atoms with Crippen molar-refractivity contribution in [2.24, 2.45) is 5.92 Å². The minimum absolute atomic E-state index is 0. The maximum Gasteiger partial charge on any atom is 0.155 e. The monoisotopic (exact) mass is 581 g/mol. The predicted molar refractivity (Wildman–Crippen MR) is 121 cm³/mol. The Morgan fingerprint density at radius 2 is 1.83 bits per heavy atom. The number of hydrogen-bond acceptors (Lipinski definition) is 3. The van der Waals surface area contributed by atoms with Gasteiger partial charge in [-0.2, -0.15) is 0 Å². The molecular weight excluding hydrogens is 551 g/mol. The van der Waals surface area contributed by atoms with Gasteiger partial charge in [0.25, 0.3) is 0 Å². The van der Waals surface area contributed by atoms with Crippen molar-refractivity contribution >= 4 is 16.6 Å². The van der Waals surface area contributed by atoms with Crippen molar-refractivity contribution < 1.29 is 30.0 Å². The first-order valence-electron chi connectivity index (χ1n) is 9.92. The zero-order chi connectivity index (χ0) is 21.6. The third-order valence-corrected chi connectivity index (χ3v) is 4.29. The van der Waals surface area contributed by atoms with Gasteiger partial charge in [-0.15, -0.1) is 34.9 Å². The Morgan fingerprint density at radius 3 is 2.37 bits per heavy atom. The number of pyridine rings is 1. The van der Waals surface area contributed by atoms with E-state index in [1.165, 1.54) is 41.8 Å². The molecular formula is C26H30IrNO2-. The number of benzene rings is 2. The van der Waals surface area contributed by atoms with Crippen molar-refractivity contribution in [1.82, 2.24) is 4.98 Å². The van der Waals surface area contributed by atoms with E-state index < -0.39 is 0 Å². The van der Waals surface area contributed by atoms with Gasteiger partial charge in [-0.05, 0) is 54.3 Å². The molecule has 0 aliphatic rings. The summed E-state index contributed by atoms with van der Waals surface area (Å²) in [6.07, 6.45) is 4.16. The molecule has 0 unspecified atom stereocenters. The first-order valence-corrected chi connectivity index (χ1v) is 9.92. The molecule has 2 aromatic carbocycles. The minimum atomic E-state index is -0.125.